The minimum Gasteiger partial charge on any atom is -0.338 e. The third-order valence-electron chi connectivity index (χ3n) is 4.93. The molecule has 146 valence electrons. The highest BCUT2D eigenvalue weighted by molar-refractivity contribution is 6.31. The summed E-state index contributed by atoms with van der Waals surface area (Å²) >= 11 is 5.87. The number of imidazole rings is 1. The Bertz CT molecular complexity index is 1140. The molecular weight excluding hydrogens is 390 g/mol. The molecule has 1 atom stereocenters. The molecule has 6 nitrogen and oxygen atoms in total. The number of alkyl halides is 1. The number of carbonyl (C=O) groups is 1. The second-order valence-corrected chi connectivity index (χ2v) is 7.22. The number of likely N-dealkylation sites (tertiary alicyclic amines) is 1. The van der Waals surface area contributed by atoms with Crippen LogP contribution in [0.2, 0.25) is 5.02 Å². The van der Waals surface area contributed by atoms with E-state index < -0.39 is 17.5 Å². The number of aromatic nitrogens is 3. The summed E-state index contributed by atoms with van der Waals surface area (Å²) < 4.78 is 29.7. The highest BCUT2D eigenvalue weighted by Gasteiger charge is 2.26. The first-order valence-electron chi connectivity index (χ1n) is 8.80. The molecule has 0 saturated carbocycles. The van der Waals surface area contributed by atoms with Gasteiger partial charge in [0.05, 0.1) is 11.6 Å². The number of aryl methyl sites for hydroxylation is 1. The molecule has 2 aromatic heterocycles. The van der Waals surface area contributed by atoms with Gasteiger partial charge in [-0.05, 0) is 31.5 Å². The average Bonchev–Trinajstić information content (AvgIpc) is 3.24. The first kappa shape index (κ1) is 18.6. The Morgan fingerprint density at radius 3 is 2.82 bits per heavy atom. The van der Waals surface area contributed by atoms with Crippen molar-refractivity contribution >= 4 is 23.0 Å². The average molecular weight is 407 g/mol. The summed E-state index contributed by atoms with van der Waals surface area (Å²) in [5, 5.41) is -0.0717. The topological polar surface area (TPSA) is 59.6 Å². The van der Waals surface area contributed by atoms with E-state index >= 15 is 0 Å². The molecule has 1 fully saturated rings. The summed E-state index contributed by atoms with van der Waals surface area (Å²) in [5.74, 6) is -0.305. The molecule has 3 aromatic rings. The zero-order valence-corrected chi connectivity index (χ0v) is 15.8. The molecule has 1 amide bonds. The van der Waals surface area contributed by atoms with E-state index in [1.807, 2.05) is 0 Å². The Kier molecular flexibility index (Phi) is 4.66. The van der Waals surface area contributed by atoms with Crippen molar-refractivity contribution in [2.45, 2.75) is 26.1 Å². The van der Waals surface area contributed by atoms with Crippen molar-refractivity contribution in [2.75, 3.05) is 13.1 Å². The zero-order chi connectivity index (χ0) is 20.0. The Balaban J connectivity index is 1.76. The maximum atomic E-state index is 13.5. The number of fused-ring (bicyclic) bond motifs is 1. The van der Waals surface area contributed by atoms with Gasteiger partial charge in [-0.15, -0.1) is 0 Å². The van der Waals surface area contributed by atoms with E-state index in [1.165, 1.54) is 33.9 Å². The van der Waals surface area contributed by atoms with Crippen molar-refractivity contribution in [3.8, 4) is 11.3 Å². The van der Waals surface area contributed by atoms with Gasteiger partial charge in [-0.1, -0.05) is 11.6 Å². The van der Waals surface area contributed by atoms with Crippen LogP contribution in [0.1, 0.15) is 12.2 Å². The molecule has 9 heteroatoms. The highest BCUT2D eigenvalue weighted by Crippen LogP contribution is 2.27. The lowest BCUT2D eigenvalue weighted by molar-refractivity contribution is -0.131. The lowest BCUT2D eigenvalue weighted by Gasteiger charge is -2.16. The largest absolute Gasteiger partial charge is 0.338 e. The van der Waals surface area contributed by atoms with E-state index in [0.717, 1.165) is 0 Å². The third-order valence-corrected chi connectivity index (χ3v) is 5.22. The molecule has 1 aromatic carbocycles. The molecule has 1 unspecified atom stereocenters. The minimum absolute atomic E-state index is 0.0565. The Hall–Kier alpha value is -2.74. The molecule has 0 aliphatic carbocycles. The summed E-state index contributed by atoms with van der Waals surface area (Å²) in [5.41, 5.74) is 0.706. The lowest BCUT2D eigenvalue weighted by Crippen LogP contribution is -2.35. The predicted octanol–water partition coefficient (Wildman–Crippen LogP) is 2.83. The third kappa shape index (κ3) is 3.17. The smallest absolute Gasteiger partial charge is 0.277 e. The van der Waals surface area contributed by atoms with Crippen molar-refractivity contribution < 1.29 is 13.6 Å². The van der Waals surface area contributed by atoms with Gasteiger partial charge in [0.25, 0.3) is 5.56 Å². The van der Waals surface area contributed by atoms with Gasteiger partial charge < -0.3 is 9.47 Å². The number of carbonyl (C=O) groups excluding carboxylic acids is 1. The van der Waals surface area contributed by atoms with Gasteiger partial charge in [-0.3, -0.25) is 14.0 Å². The van der Waals surface area contributed by atoms with Crippen molar-refractivity contribution in [2.24, 2.45) is 0 Å². The van der Waals surface area contributed by atoms with E-state index in [4.69, 9.17) is 11.6 Å². The van der Waals surface area contributed by atoms with Crippen LogP contribution in [0.5, 0.6) is 0 Å². The Morgan fingerprint density at radius 1 is 1.36 bits per heavy atom. The molecule has 0 spiro atoms. The number of hydrogen-bond acceptors (Lipinski definition) is 3. The Labute approximate surface area is 164 Å². The molecule has 0 bridgehead atoms. The van der Waals surface area contributed by atoms with Crippen molar-refractivity contribution in [1.82, 2.24) is 18.9 Å². The predicted molar refractivity (Wildman–Crippen MR) is 101 cm³/mol. The maximum Gasteiger partial charge on any atom is 0.277 e. The summed E-state index contributed by atoms with van der Waals surface area (Å²) in [6, 6.07) is 4.12. The summed E-state index contributed by atoms with van der Waals surface area (Å²) in [4.78, 5) is 31.3. The fourth-order valence-corrected chi connectivity index (χ4v) is 3.62. The van der Waals surface area contributed by atoms with Gasteiger partial charge in [0.1, 0.15) is 35.6 Å². The van der Waals surface area contributed by atoms with Crippen LogP contribution in [0.3, 0.4) is 0 Å². The molecule has 1 aliphatic heterocycles. The molecular formula is C19H17ClF2N4O2. The number of rotatable bonds is 3. The summed E-state index contributed by atoms with van der Waals surface area (Å²) in [7, 11) is 0. The first-order valence-corrected chi connectivity index (χ1v) is 9.18. The van der Waals surface area contributed by atoms with Crippen LogP contribution in [-0.2, 0) is 11.3 Å². The Morgan fingerprint density at radius 2 is 2.14 bits per heavy atom. The molecule has 28 heavy (non-hydrogen) atoms. The van der Waals surface area contributed by atoms with Crippen LogP contribution in [0.15, 0.2) is 35.4 Å². The fourth-order valence-electron chi connectivity index (χ4n) is 3.44. The molecule has 0 N–H and O–H groups in total. The molecule has 0 radical (unpaired) electrons. The summed E-state index contributed by atoms with van der Waals surface area (Å²) in [6.45, 7) is 1.96. The van der Waals surface area contributed by atoms with Gasteiger partial charge in [0.15, 0.2) is 0 Å². The highest BCUT2D eigenvalue weighted by atomic mass is 35.5. The molecule has 4 rings (SSSR count). The van der Waals surface area contributed by atoms with Gasteiger partial charge >= 0.3 is 0 Å². The first-order chi connectivity index (χ1) is 13.3. The van der Waals surface area contributed by atoms with Crippen LogP contribution in [0.4, 0.5) is 8.78 Å². The van der Waals surface area contributed by atoms with Crippen LogP contribution in [0.25, 0.3) is 16.8 Å². The van der Waals surface area contributed by atoms with E-state index in [9.17, 15) is 18.4 Å². The van der Waals surface area contributed by atoms with Gasteiger partial charge in [0.2, 0.25) is 5.91 Å². The minimum atomic E-state index is -1.02. The number of hydrogen-bond donors (Lipinski definition) is 0. The van der Waals surface area contributed by atoms with Crippen LogP contribution < -0.4 is 5.56 Å². The van der Waals surface area contributed by atoms with Crippen molar-refractivity contribution in [1.29, 1.82) is 0 Å². The molecule has 3 heterocycles. The number of nitrogens with zero attached hydrogens (tertiary/aromatic N) is 4. The van der Waals surface area contributed by atoms with Crippen LogP contribution >= 0.6 is 11.6 Å². The summed E-state index contributed by atoms with van der Waals surface area (Å²) in [6.07, 6.45) is 2.45. The lowest BCUT2D eigenvalue weighted by atomic mass is 10.1. The normalized spacial score (nSPS) is 16.9. The van der Waals surface area contributed by atoms with E-state index in [2.05, 4.69) is 4.98 Å². The van der Waals surface area contributed by atoms with E-state index in [1.54, 1.807) is 17.5 Å². The molecule has 1 saturated heterocycles. The van der Waals surface area contributed by atoms with Gasteiger partial charge in [-0.25, -0.2) is 13.8 Å². The number of halogens is 3. The monoisotopic (exact) mass is 406 g/mol. The number of benzene rings is 1. The zero-order valence-electron chi connectivity index (χ0n) is 15.0. The van der Waals surface area contributed by atoms with E-state index in [-0.39, 0.29) is 29.5 Å². The van der Waals surface area contributed by atoms with Crippen LogP contribution in [-0.4, -0.2) is 44.0 Å². The van der Waals surface area contributed by atoms with Crippen LogP contribution in [0, 0.1) is 12.7 Å². The maximum absolute atomic E-state index is 13.5. The SMILES string of the molecule is Cc1nc(-c2ccc(F)c(Cl)c2)c2c(=O)n(CC(=O)N3CCC(F)C3)ccn12. The van der Waals surface area contributed by atoms with Gasteiger partial charge in [0, 0.05) is 24.5 Å². The van der Waals surface area contributed by atoms with Crippen molar-refractivity contribution in [3.63, 3.8) is 0 Å². The quantitative estimate of drug-likeness (QED) is 0.672. The second kappa shape index (κ2) is 7.01. The standard InChI is InChI=1S/C19H17ClF2N4O2/c1-11-23-17(12-2-3-15(22)14(20)8-12)18-19(28)25(6-7-26(11)18)10-16(27)24-5-4-13(21)9-24/h2-3,6-8,13H,4-5,9-10H2,1H3. The van der Waals surface area contributed by atoms with E-state index in [0.29, 0.717) is 30.0 Å². The van der Waals surface area contributed by atoms with Crippen molar-refractivity contribution in [3.05, 3.63) is 57.6 Å². The fraction of sp³-hybridized carbons (Fsp3) is 0.316. The van der Waals surface area contributed by atoms with Gasteiger partial charge in [-0.2, -0.15) is 0 Å². The second-order valence-electron chi connectivity index (χ2n) is 6.81. The number of amides is 1. The molecule has 1 aliphatic rings.